The molecule has 26 heavy (non-hydrogen) atoms. The molecule has 1 N–H and O–H groups in total. The van der Waals surface area contributed by atoms with E-state index < -0.39 is 12.0 Å². The molecule has 3 atom stereocenters. The highest BCUT2D eigenvalue weighted by atomic mass is 32.2. The van der Waals surface area contributed by atoms with Crippen LogP contribution in [0.2, 0.25) is 0 Å². The van der Waals surface area contributed by atoms with Gasteiger partial charge in [0, 0.05) is 17.7 Å². The summed E-state index contributed by atoms with van der Waals surface area (Å²) in [4.78, 5) is 38.5. The van der Waals surface area contributed by atoms with Crippen molar-refractivity contribution in [3.05, 3.63) is 59.8 Å². The predicted molar refractivity (Wildman–Crippen MR) is 96.9 cm³/mol. The van der Waals surface area contributed by atoms with Crippen molar-refractivity contribution >= 4 is 29.5 Å². The molecular formula is C19H18N2O4S. The van der Waals surface area contributed by atoms with E-state index in [9.17, 15) is 14.4 Å². The van der Waals surface area contributed by atoms with Gasteiger partial charge in [-0.3, -0.25) is 14.5 Å². The van der Waals surface area contributed by atoms with Gasteiger partial charge >= 0.3 is 5.97 Å². The molecular weight excluding hydrogens is 352 g/mol. The second kappa shape index (κ2) is 6.64. The van der Waals surface area contributed by atoms with Crippen molar-refractivity contribution in [3.8, 4) is 0 Å². The van der Waals surface area contributed by atoms with Crippen LogP contribution in [0, 0.1) is 0 Å². The molecule has 0 saturated carbocycles. The molecule has 1 fully saturated rings. The van der Waals surface area contributed by atoms with E-state index in [0.29, 0.717) is 17.9 Å². The minimum Gasteiger partial charge on any atom is -0.453 e. The first-order valence-corrected chi connectivity index (χ1v) is 9.48. The molecule has 0 unspecified atom stereocenters. The number of benzene rings is 1. The quantitative estimate of drug-likeness (QED) is 0.482. The number of esters is 1. The smallest absolute Gasteiger partial charge is 0.355 e. The maximum atomic E-state index is 12.6. The topological polar surface area (TPSA) is 75.7 Å². The number of hydrogen-bond acceptors (Lipinski definition) is 5. The molecule has 0 aliphatic carbocycles. The Bertz CT molecular complexity index is 820. The van der Waals surface area contributed by atoms with E-state index in [4.69, 9.17) is 4.74 Å². The van der Waals surface area contributed by atoms with Crippen molar-refractivity contribution in [2.75, 3.05) is 5.75 Å². The molecule has 3 aliphatic rings. The molecule has 0 bridgehead atoms. The monoisotopic (exact) mass is 370 g/mol. The second-order valence-corrected chi connectivity index (χ2v) is 7.51. The minimum atomic E-state index is -0.600. The summed E-state index contributed by atoms with van der Waals surface area (Å²) in [5.74, 6) is -0.306. The number of nitrogens with zero attached hydrogens (tertiary/aromatic N) is 1. The summed E-state index contributed by atoms with van der Waals surface area (Å²) in [5, 5.41) is 2.55. The van der Waals surface area contributed by atoms with Crippen molar-refractivity contribution in [2.24, 2.45) is 0 Å². The van der Waals surface area contributed by atoms with Gasteiger partial charge in [0.05, 0.1) is 6.42 Å². The fourth-order valence-electron chi connectivity index (χ4n) is 3.48. The largest absolute Gasteiger partial charge is 0.453 e. The molecule has 134 valence electrons. The number of thioether (sulfide) groups is 1. The zero-order valence-corrected chi connectivity index (χ0v) is 14.8. The fourth-order valence-corrected chi connectivity index (χ4v) is 4.89. The Kier molecular flexibility index (Phi) is 4.32. The Hall–Kier alpha value is -2.54. The van der Waals surface area contributed by atoms with Crippen LogP contribution in [-0.2, 0) is 25.5 Å². The van der Waals surface area contributed by atoms with E-state index in [2.05, 4.69) is 11.9 Å². The Labute approximate surface area is 155 Å². The SMILES string of the molecule is C=CC[C@H]1OC(=O)C2=C1CS[C@@H]1[C@H](NC(=O)Cc3ccccc3)C(=O)N21. The summed E-state index contributed by atoms with van der Waals surface area (Å²) in [6.07, 6.45) is 2.13. The number of nitrogens with one attached hydrogen (secondary N) is 1. The maximum absolute atomic E-state index is 12.6. The van der Waals surface area contributed by atoms with Crippen molar-refractivity contribution in [1.82, 2.24) is 10.2 Å². The fraction of sp³-hybridized carbons (Fsp3) is 0.316. The molecule has 1 aromatic rings. The predicted octanol–water partition coefficient (Wildman–Crippen LogP) is 1.38. The molecule has 2 amide bonds. The highest BCUT2D eigenvalue weighted by Gasteiger charge is 2.56. The van der Waals surface area contributed by atoms with Gasteiger partial charge in [0.2, 0.25) is 5.91 Å². The van der Waals surface area contributed by atoms with Crippen LogP contribution < -0.4 is 5.32 Å². The maximum Gasteiger partial charge on any atom is 0.355 e. The van der Waals surface area contributed by atoms with Crippen molar-refractivity contribution < 1.29 is 19.1 Å². The lowest BCUT2D eigenvalue weighted by Crippen LogP contribution is -2.70. The molecule has 0 spiro atoms. The van der Waals surface area contributed by atoms with Crippen LogP contribution in [0.15, 0.2) is 54.3 Å². The first-order chi connectivity index (χ1) is 12.6. The summed E-state index contributed by atoms with van der Waals surface area (Å²) < 4.78 is 5.37. The lowest BCUT2D eigenvalue weighted by molar-refractivity contribution is -0.151. The van der Waals surface area contributed by atoms with Crippen molar-refractivity contribution in [3.63, 3.8) is 0 Å². The second-order valence-electron chi connectivity index (χ2n) is 6.41. The van der Waals surface area contributed by atoms with Gasteiger partial charge in [-0.1, -0.05) is 36.4 Å². The highest BCUT2D eigenvalue weighted by molar-refractivity contribution is 8.00. The third-order valence-corrected chi connectivity index (χ3v) is 6.04. The van der Waals surface area contributed by atoms with E-state index in [1.54, 1.807) is 17.8 Å². The number of fused-ring (bicyclic) bond motifs is 2. The number of carbonyl (C=O) groups excluding carboxylic acids is 3. The number of carbonyl (C=O) groups is 3. The van der Waals surface area contributed by atoms with Gasteiger partial charge in [-0.2, -0.15) is 0 Å². The summed E-state index contributed by atoms with van der Waals surface area (Å²) >= 11 is 1.55. The number of hydrogen-bond donors (Lipinski definition) is 1. The summed E-state index contributed by atoms with van der Waals surface area (Å²) in [6, 6.07) is 8.77. The van der Waals surface area contributed by atoms with Crippen LogP contribution in [0.1, 0.15) is 12.0 Å². The molecule has 0 aromatic heterocycles. The Morgan fingerprint density at radius 3 is 2.85 bits per heavy atom. The van der Waals surface area contributed by atoms with E-state index in [-0.39, 0.29) is 29.7 Å². The minimum absolute atomic E-state index is 0.201. The summed E-state index contributed by atoms with van der Waals surface area (Å²) in [5.41, 5.74) is 2.10. The van der Waals surface area contributed by atoms with Crippen molar-refractivity contribution in [2.45, 2.75) is 30.4 Å². The number of amides is 2. The van der Waals surface area contributed by atoms with Crippen molar-refractivity contribution in [1.29, 1.82) is 0 Å². The Balaban J connectivity index is 1.45. The van der Waals surface area contributed by atoms with Crippen LogP contribution in [0.5, 0.6) is 0 Å². The molecule has 0 radical (unpaired) electrons. The van der Waals surface area contributed by atoms with Gasteiger partial charge in [-0.15, -0.1) is 18.3 Å². The Morgan fingerprint density at radius 2 is 2.12 bits per heavy atom. The van der Waals surface area contributed by atoms with E-state index >= 15 is 0 Å². The molecule has 3 aliphatic heterocycles. The van der Waals surface area contributed by atoms with Gasteiger partial charge in [0.25, 0.3) is 5.91 Å². The first kappa shape index (κ1) is 16.9. The van der Waals surface area contributed by atoms with Gasteiger partial charge in [-0.25, -0.2) is 4.79 Å². The molecule has 4 rings (SSSR count). The van der Waals surface area contributed by atoms with Crippen LogP contribution in [0.4, 0.5) is 0 Å². The molecule has 7 heteroatoms. The summed E-state index contributed by atoms with van der Waals surface area (Å²) in [7, 11) is 0. The normalized spacial score (nSPS) is 26.6. The van der Waals surface area contributed by atoms with E-state index in [1.165, 1.54) is 4.90 Å². The zero-order chi connectivity index (χ0) is 18.3. The summed E-state index contributed by atoms with van der Waals surface area (Å²) in [6.45, 7) is 3.68. The average Bonchev–Trinajstić information content (AvgIpc) is 2.95. The Morgan fingerprint density at radius 1 is 1.35 bits per heavy atom. The van der Waals surface area contributed by atoms with E-state index in [1.807, 2.05) is 30.3 Å². The molecule has 6 nitrogen and oxygen atoms in total. The third kappa shape index (κ3) is 2.72. The highest BCUT2D eigenvalue weighted by Crippen LogP contribution is 2.44. The third-order valence-electron chi connectivity index (χ3n) is 4.73. The van der Waals surface area contributed by atoms with Gasteiger partial charge in [0.1, 0.15) is 23.2 Å². The lowest BCUT2D eigenvalue weighted by Gasteiger charge is -2.48. The zero-order valence-electron chi connectivity index (χ0n) is 14.0. The van der Waals surface area contributed by atoms with Gasteiger partial charge in [0.15, 0.2) is 0 Å². The van der Waals surface area contributed by atoms with Crippen LogP contribution >= 0.6 is 11.8 Å². The number of rotatable bonds is 5. The molecule has 3 heterocycles. The van der Waals surface area contributed by atoms with Crippen LogP contribution in [0.25, 0.3) is 0 Å². The number of β-lactam (4-membered cyclic amide) rings is 1. The average molecular weight is 370 g/mol. The first-order valence-electron chi connectivity index (χ1n) is 8.43. The number of cyclic esters (lactones) is 1. The van der Waals surface area contributed by atoms with E-state index in [0.717, 1.165) is 11.1 Å². The lowest BCUT2D eigenvalue weighted by atomic mass is 10.0. The van der Waals surface area contributed by atoms with Gasteiger partial charge < -0.3 is 10.1 Å². The molecule has 1 aromatic carbocycles. The number of ether oxygens (including phenoxy) is 1. The van der Waals surface area contributed by atoms with Gasteiger partial charge in [-0.05, 0) is 5.56 Å². The van der Waals surface area contributed by atoms with Crippen LogP contribution in [0.3, 0.4) is 0 Å². The standard InChI is InChI=1S/C19H18N2O4S/c1-2-6-13-12-10-26-18-15(17(23)21(18)16(12)19(24)25-13)20-14(22)9-11-7-4-3-5-8-11/h2-5,7-8,13,15,18H,1,6,9-10H2,(H,20,22)/t13-,15-,18-/m1/s1. The van der Waals surface area contributed by atoms with Crippen LogP contribution in [-0.4, -0.2) is 46.0 Å². The molecule has 1 saturated heterocycles.